The Morgan fingerprint density at radius 3 is 2.48 bits per heavy atom. The van der Waals surface area contributed by atoms with Gasteiger partial charge in [0.2, 0.25) is 15.9 Å². The predicted octanol–water partition coefficient (Wildman–Crippen LogP) is 2.77. The molecule has 0 spiro atoms. The second-order valence-corrected chi connectivity index (χ2v) is 8.36. The number of rotatable bonds is 10. The van der Waals surface area contributed by atoms with E-state index in [0.29, 0.717) is 37.3 Å². The molecule has 158 valence electrons. The first-order chi connectivity index (χ1) is 13.8. The number of hydrogen-bond acceptors (Lipinski definition) is 5. The number of amides is 2. The minimum Gasteiger partial charge on any atom is -0.459 e. The Morgan fingerprint density at radius 1 is 1.14 bits per heavy atom. The molecule has 2 rings (SSSR count). The molecule has 0 aliphatic heterocycles. The Kier molecular flexibility index (Phi) is 7.98. The summed E-state index contributed by atoms with van der Waals surface area (Å²) in [6.45, 7) is 6.36. The zero-order valence-corrected chi connectivity index (χ0v) is 17.7. The van der Waals surface area contributed by atoms with Crippen molar-refractivity contribution >= 4 is 27.5 Å². The first kappa shape index (κ1) is 22.6. The SMILES string of the molecule is CCN(CC)S(=O)(=O)c1cc(NC(=O)CCCNC(=O)c2ccco2)ccc1C. The predicted molar refractivity (Wildman–Crippen MR) is 110 cm³/mol. The average Bonchev–Trinajstić information content (AvgIpc) is 3.22. The lowest BCUT2D eigenvalue weighted by Crippen LogP contribution is -2.31. The molecule has 0 bridgehead atoms. The van der Waals surface area contributed by atoms with E-state index in [0.717, 1.165) is 0 Å². The third-order valence-electron chi connectivity index (χ3n) is 4.41. The zero-order chi connectivity index (χ0) is 21.4. The van der Waals surface area contributed by atoms with Crippen LogP contribution in [0.2, 0.25) is 0 Å². The van der Waals surface area contributed by atoms with Crippen LogP contribution in [-0.4, -0.2) is 44.2 Å². The normalized spacial score (nSPS) is 11.4. The molecule has 0 fully saturated rings. The smallest absolute Gasteiger partial charge is 0.286 e. The van der Waals surface area contributed by atoms with Gasteiger partial charge in [0.15, 0.2) is 5.76 Å². The van der Waals surface area contributed by atoms with Gasteiger partial charge in [0.1, 0.15) is 0 Å². The molecule has 0 aliphatic rings. The summed E-state index contributed by atoms with van der Waals surface area (Å²) in [7, 11) is -3.62. The summed E-state index contributed by atoms with van der Waals surface area (Å²) in [5.74, 6) is -0.372. The van der Waals surface area contributed by atoms with Crippen molar-refractivity contribution in [1.29, 1.82) is 0 Å². The van der Waals surface area contributed by atoms with Crippen LogP contribution < -0.4 is 10.6 Å². The zero-order valence-electron chi connectivity index (χ0n) is 16.9. The van der Waals surface area contributed by atoms with E-state index in [1.54, 1.807) is 45.0 Å². The summed E-state index contributed by atoms with van der Waals surface area (Å²) in [5.41, 5.74) is 1.04. The van der Waals surface area contributed by atoms with Crippen LogP contribution in [0.1, 0.15) is 42.8 Å². The van der Waals surface area contributed by atoms with Crippen LogP contribution in [0.4, 0.5) is 5.69 Å². The minimum absolute atomic E-state index is 0.185. The first-order valence-corrected chi connectivity index (χ1v) is 11.0. The lowest BCUT2D eigenvalue weighted by Gasteiger charge is -2.20. The number of aryl methyl sites for hydroxylation is 1. The van der Waals surface area contributed by atoms with Crippen LogP contribution in [0.15, 0.2) is 45.9 Å². The Morgan fingerprint density at radius 2 is 1.86 bits per heavy atom. The maximum Gasteiger partial charge on any atom is 0.286 e. The fraction of sp³-hybridized carbons (Fsp3) is 0.400. The topological polar surface area (TPSA) is 109 Å². The van der Waals surface area contributed by atoms with Gasteiger partial charge in [-0.25, -0.2) is 8.42 Å². The number of carbonyl (C=O) groups is 2. The molecular weight excluding hydrogens is 394 g/mol. The molecule has 0 saturated heterocycles. The Balaban J connectivity index is 1.93. The van der Waals surface area contributed by atoms with Crippen molar-refractivity contribution in [2.45, 2.75) is 38.5 Å². The van der Waals surface area contributed by atoms with E-state index in [1.807, 2.05) is 0 Å². The van der Waals surface area contributed by atoms with Gasteiger partial charge in [-0.05, 0) is 43.2 Å². The molecule has 0 aliphatic carbocycles. The molecular formula is C20H27N3O5S. The van der Waals surface area contributed by atoms with Gasteiger partial charge in [-0.2, -0.15) is 4.31 Å². The second kappa shape index (κ2) is 10.2. The first-order valence-electron chi connectivity index (χ1n) is 9.52. The largest absolute Gasteiger partial charge is 0.459 e. The lowest BCUT2D eigenvalue weighted by atomic mass is 10.2. The van der Waals surface area contributed by atoms with Crippen LogP contribution in [-0.2, 0) is 14.8 Å². The number of benzene rings is 1. The number of carbonyl (C=O) groups excluding carboxylic acids is 2. The molecule has 2 amide bonds. The van der Waals surface area contributed by atoms with Crippen molar-refractivity contribution in [2.24, 2.45) is 0 Å². The molecule has 1 aromatic carbocycles. The number of furan rings is 1. The Labute approximate surface area is 171 Å². The van der Waals surface area contributed by atoms with Crippen LogP contribution in [0.3, 0.4) is 0 Å². The maximum atomic E-state index is 12.8. The van der Waals surface area contributed by atoms with Crippen LogP contribution >= 0.6 is 0 Å². The van der Waals surface area contributed by atoms with Crippen LogP contribution in [0.5, 0.6) is 0 Å². The number of nitrogens with zero attached hydrogens (tertiary/aromatic N) is 1. The number of nitrogens with one attached hydrogen (secondary N) is 2. The van der Waals surface area contributed by atoms with Gasteiger partial charge < -0.3 is 15.1 Å². The third kappa shape index (κ3) is 5.91. The van der Waals surface area contributed by atoms with E-state index in [2.05, 4.69) is 10.6 Å². The molecule has 0 unspecified atom stereocenters. The molecule has 9 heteroatoms. The van der Waals surface area contributed by atoms with Crippen molar-refractivity contribution in [3.8, 4) is 0 Å². The van der Waals surface area contributed by atoms with Crippen molar-refractivity contribution in [3.63, 3.8) is 0 Å². The highest BCUT2D eigenvalue weighted by Crippen LogP contribution is 2.23. The Hall–Kier alpha value is -2.65. The van der Waals surface area contributed by atoms with Crippen molar-refractivity contribution in [2.75, 3.05) is 25.0 Å². The van der Waals surface area contributed by atoms with E-state index < -0.39 is 10.0 Å². The number of sulfonamides is 1. The van der Waals surface area contributed by atoms with Crippen molar-refractivity contribution in [1.82, 2.24) is 9.62 Å². The minimum atomic E-state index is -3.62. The van der Waals surface area contributed by atoms with E-state index in [9.17, 15) is 18.0 Å². The summed E-state index contributed by atoms with van der Waals surface area (Å²) in [5, 5.41) is 5.39. The van der Waals surface area contributed by atoms with E-state index in [-0.39, 0.29) is 28.9 Å². The Bertz CT molecular complexity index is 935. The third-order valence-corrected chi connectivity index (χ3v) is 6.60. The van der Waals surface area contributed by atoms with Gasteiger partial charge in [-0.3, -0.25) is 9.59 Å². The summed E-state index contributed by atoms with van der Waals surface area (Å²) < 4.78 is 31.9. The fourth-order valence-corrected chi connectivity index (χ4v) is 4.54. The quantitative estimate of drug-likeness (QED) is 0.574. The lowest BCUT2D eigenvalue weighted by molar-refractivity contribution is -0.116. The van der Waals surface area contributed by atoms with Crippen LogP contribution in [0, 0.1) is 6.92 Å². The van der Waals surface area contributed by atoms with E-state index in [1.165, 1.54) is 16.6 Å². The number of hydrogen-bond donors (Lipinski definition) is 2. The molecule has 29 heavy (non-hydrogen) atoms. The highest BCUT2D eigenvalue weighted by molar-refractivity contribution is 7.89. The van der Waals surface area contributed by atoms with Gasteiger partial charge >= 0.3 is 0 Å². The van der Waals surface area contributed by atoms with Crippen molar-refractivity contribution in [3.05, 3.63) is 47.9 Å². The molecule has 8 nitrogen and oxygen atoms in total. The van der Waals surface area contributed by atoms with Gasteiger partial charge in [-0.1, -0.05) is 19.9 Å². The standard InChI is InChI=1S/C20H27N3O5S/c1-4-23(5-2)29(26,27)18-14-16(11-10-15(18)3)22-19(24)9-6-12-21-20(25)17-8-7-13-28-17/h7-8,10-11,13-14H,4-6,9,12H2,1-3H3,(H,21,25)(H,22,24). The van der Waals surface area contributed by atoms with Gasteiger partial charge in [0.25, 0.3) is 5.91 Å². The summed E-state index contributed by atoms with van der Waals surface area (Å²) in [6, 6.07) is 8.02. The summed E-state index contributed by atoms with van der Waals surface area (Å²) >= 11 is 0. The second-order valence-electron chi connectivity index (χ2n) is 6.45. The van der Waals surface area contributed by atoms with E-state index >= 15 is 0 Å². The van der Waals surface area contributed by atoms with E-state index in [4.69, 9.17) is 4.42 Å². The molecule has 0 saturated carbocycles. The monoisotopic (exact) mass is 421 g/mol. The molecule has 0 atom stereocenters. The molecule has 0 radical (unpaired) electrons. The van der Waals surface area contributed by atoms with Gasteiger partial charge in [-0.15, -0.1) is 0 Å². The van der Waals surface area contributed by atoms with Crippen LogP contribution in [0.25, 0.3) is 0 Å². The maximum absolute atomic E-state index is 12.8. The van der Waals surface area contributed by atoms with Gasteiger partial charge in [0, 0.05) is 31.7 Å². The average molecular weight is 422 g/mol. The summed E-state index contributed by atoms with van der Waals surface area (Å²) in [4.78, 5) is 24.1. The van der Waals surface area contributed by atoms with Gasteiger partial charge in [0.05, 0.1) is 11.2 Å². The molecule has 2 aromatic rings. The fourth-order valence-electron chi connectivity index (χ4n) is 2.83. The highest BCUT2D eigenvalue weighted by Gasteiger charge is 2.24. The van der Waals surface area contributed by atoms with Crippen molar-refractivity contribution < 1.29 is 22.4 Å². The molecule has 1 aromatic heterocycles. The molecule has 1 heterocycles. The number of anilines is 1. The summed E-state index contributed by atoms with van der Waals surface area (Å²) in [6.07, 6.45) is 2.04. The highest BCUT2D eigenvalue weighted by atomic mass is 32.2. The molecule has 2 N–H and O–H groups in total.